The van der Waals surface area contributed by atoms with Crippen LogP contribution in [0.4, 0.5) is 4.79 Å². The van der Waals surface area contributed by atoms with Crippen LogP contribution in [0.15, 0.2) is 0 Å². The van der Waals surface area contributed by atoms with E-state index in [1.807, 2.05) is 20.8 Å². The summed E-state index contributed by atoms with van der Waals surface area (Å²) in [4.78, 5) is 11.8. The Balaban J connectivity index is 1.62. The SMILES string of the molecule is CC(C)(C)OC(=O)NC1CCC(NCC2CCOCC2)C1. The van der Waals surface area contributed by atoms with Gasteiger partial charge < -0.3 is 20.1 Å². The van der Waals surface area contributed by atoms with Gasteiger partial charge in [0.05, 0.1) is 0 Å². The second kappa shape index (κ2) is 7.45. The summed E-state index contributed by atoms with van der Waals surface area (Å²) in [5.41, 5.74) is -0.427. The first-order valence-corrected chi connectivity index (χ1v) is 8.23. The number of nitrogens with one attached hydrogen (secondary N) is 2. The van der Waals surface area contributed by atoms with E-state index in [4.69, 9.17) is 9.47 Å². The predicted octanol–water partition coefficient (Wildman–Crippen LogP) is 2.45. The van der Waals surface area contributed by atoms with Crippen molar-refractivity contribution in [2.75, 3.05) is 19.8 Å². The molecule has 5 nitrogen and oxygen atoms in total. The zero-order chi connectivity index (χ0) is 15.3. The maximum Gasteiger partial charge on any atom is 0.407 e. The molecule has 2 atom stereocenters. The molecular weight excluding hydrogens is 268 g/mol. The first kappa shape index (κ1) is 16.6. The highest BCUT2D eigenvalue weighted by Gasteiger charge is 2.28. The van der Waals surface area contributed by atoms with E-state index in [0.717, 1.165) is 44.9 Å². The Hall–Kier alpha value is -0.810. The van der Waals surface area contributed by atoms with E-state index in [2.05, 4.69) is 10.6 Å². The molecule has 0 radical (unpaired) electrons. The number of hydrogen-bond acceptors (Lipinski definition) is 4. The highest BCUT2D eigenvalue weighted by Crippen LogP contribution is 2.21. The summed E-state index contributed by atoms with van der Waals surface area (Å²) in [5, 5.41) is 6.64. The van der Waals surface area contributed by atoms with Crippen molar-refractivity contribution in [3.63, 3.8) is 0 Å². The molecule has 21 heavy (non-hydrogen) atoms. The number of hydrogen-bond donors (Lipinski definition) is 2. The molecule has 2 rings (SSSR count). The molecule has 122 valence electrons. The van der Waals surface area contributed by atoms with E-state index in [9.17, 15) is 4.79 Å². The number of amides is 1. The molecule has 0 spiro atoms. The van der Waals surface area contributed by atoms with Crippen LogP contribution >= 0.6 is 0 Å². The van der Waals surface area contributed by atoms with Crippen molar-refractivity contribution in [2.24, 2.45) is 5.92 Å². The average molecular weight is 298 g/mol. The van der Waals surface area contributed by atoms with Gasteiger partial charge in [-0.2, -0.15) is 0 Å². The third-order valence-corrected chi connectivity index (χ3v) is 4.19. The van der Waals surface area contributed by atoms with E-state index >= 15 is 0 Å². The maximum absolute atomic E-state index is 11.8. The molecule has 1 saturated carbocycles. The van der Waals surface area contributed by atoms with Crippen LogP contribution < -0.4 is 10.6 Å². The molecule has 0 aromatic rings. The minimum atomic E-state index is -0.427. The van der Waals surface area contributed by atoms with Gasteiger partial charge in [-0.15, -0.1) is 0 Å². The Morgan fingerprint density at radius 3 is 2.48 bits per heavy atom. The molecule has 2 fully saturated rings. The summed E-state index contributed by atoms with van der Waals surface area (Å²) in [6, 6.07) is 0.764. The second-order valence-corrected chi connectivity index (χ2v) is 7.32. The Bertz CT molecular complexity index is 335. The van der Waals surface area contributed by atoms with Crippen molar-refractivity contribution in [1.29, 1.82) is 0 Å². The van der Waals surface area contributed by atoms with E-state index in [1.54, 1.807) is 0 Å². The third kappa shape index (κ3) is 6.22. The molecule has 0 bridgehead atoms. The molecule has 2 unspecified atom stereocenters. The van der Waals surface area contributed by atoms with Gasteiger partial charge in [0, 0.05) is 25.3 Å². The monoisotopic (exact) mass is 298 g/mol. The summed E-state index contributed by atoms with van der Waals surface area (Å²) >= 11 is 0. The number of ether oxygens (including phenoxy) is 2. The third-order valence-electron chi connectivity index (χ3n) is 4.19. The van der Waals surface area contributed by atoms with Crippen LogP contribution in [0, 0.1) is 5.92 Å². The summed E-state index contributed by atoms with van der Waals surface area (Å²) in [7, 11) is 0. The molecule has 1 amide bonds. The Morgan fingerprint density at radius 2 is 1.81 bits per heavy atom. The molecule has 2 N–H and O–H groups in total. The lowest BCUT2D eigenvalue weighted by molar-refractivity contribution is 0.0504. The first-order chi connectivity index (χ1) is 9.92. The second-order valence-electron chi connectivity index (χ2n) is 7.32. The van der Waals surface area contributed by atoms with Crippen molar-refractivity contribution in [3.8, 4) is 0 Å². The van der Waals surface area contributed by atoms with Crippen LogP contribution in [-0.4, -0.2) is 43.5 Å². The van der Waals surface area contributed by atoms with Crippen LogP contribution in [0.5, 0.6) is 0 Å². The summed E-state index contributed by atoms with van der Waals surface area (Å²) in [6.45, 7) is 8.55. The summed E-state index contributed by atoms with van der Waals surface area (Å²) in [6.07, 6.45) is 5.20. The minimum absolute atomic E-state index is 0.243. The quantitative estimate of drug-likeness (QED) is 0.837. The Morgan fingerprint density at radius 1 is 1.14 bits per heavy atom. The van der Waals surface area contributed by atoms with E-state index in [-0.39, 0.29) is 12.1 Å². The van der Waals surface area contributed by atoms with Crippen LogP contribution in [0.1, 0.15) is 52.9 Å². The van der Waals surface area contributed by atoms with Gasteiger partial charge in [-0.3, -0.25) is 0 Å². The van der Waals surface area contributed by atoms with Gasteiger partial charge in [0.25, 0.3) is 0 Å². The maximum atomic E-state index is 11.8. The molecular formula is C16H30N2O3. The fraction of sp³-hybridized carbons (Fsp3) is 0.938. The van der Waals surface area contributed by atoms with Crippen molar-refractivity contribution < 1.29 is 14.3 Å². The minimum Gasteiger partial charge on any atom is -0.444 e. The lowest BCUT2D eigenvalue weighted by Gasteiger charge is -2.24. The summed E-state index contributed by atoms with van der Waals surface area (Å²) in [5.74, 6) is 0.747. The highest BCUT2D eigenvalue weighted by molar-refractivity contribution is 5.68. The molecule has 0 aromatic heterocycles. The molecule has 0 aromatic carbocycles. The van der Waals surface area contributed by atoms with Gasteiger partial charge in [-0.1, -0.05) is 0 Å². The lowest BCUT2D eigenvalue weighted by atomic mass is 10.00. The van der Waals surface area contributed by atoms with Gasteiger partial charge in [0.2, 0.25) is 0 Å². The lowest BCUT2D eigenvalue weighted by Crippen LogP contribution is -2.39. The average Bonchev–Trinajstić information content (AvgIpc) is 2.83. The van der Waals surface area contributed by atoms with E-state index in [0.29, 0.717) is 6.04 Å². The standard InChI is InChI=1S/C16H30N2O3/c1-16(2,3)21-15(19)18-14-5-4-13(10-14)17-11-12-6-8-20-9-7-12/h12-14,17H,4-11H2,1-3H3,(H,18,19). The van der Waals surface area contributed by atoms with Crippen molar-refractivity contribution in [3.05, 3.63) is 0 Å². The van der Waals surface area contributed by atoms with Gasteiger partial charge >= 0.3 is 6.09 Å². The van der Waals surface area contributed by atoms with E-state index in [1.165, 1.54) is 12.8 Å². The van der Waals surface area contributed by atoms with Crippen molar-refractivity contribution >= 4 is 6.09 Å². The molecule has 1 heterocycles. The molecule has 1 aliphatic carbocycles. The Kier molecular flexibility index (Phi) is 5.88. The normalized spacial score (nSPS) is 27.6. The zero-order valence-electron chi connectivity index (χ0n) is 13.6. The largest absolute Gasteiger partial charge is 0.444 e. The smallest absolute Gasteiger partial charge is 0.407 e. The number of alkyl carbamates (subject to hydrolysis) is 1. The number of carbonyl (C=O) groups excluding carboxylic acids is 1. The fourth-order valence-electron chi connectivity index (χ4n) is 3.06. The first-order valence-electron chi connectivity index (χ1n) is 8.23. The van der Waals surface area contributed by atoms with Crippen LogP contribution in [-0.2, 0) is 9.47 Å². The van der Waals surface area contributed by atoms with Crippen molar-refractivity contribution in [1.82, 2.24) is 10.6 Å². The highest BCUT2D eigenvalue weighted by atomic mass is 16.6. The number of carbonyl (C=O) groups is 1. The van der Waals surface area contributed by atoms with Gasteiger partial charge in [0.15, 0.2) is 0 Å². The Labute approximate surface area is 128 Å². The predicted molar refractivity (Wildman–Crippen MR) is 82.3 cm³/mol. The van der Waals surface area contributed by atoms with Crippen LogP contribution in [0.2, 0.25) is 0 Å². The topological polar surface area (TPSA) is 59.6 Å². The van der Waals surface area contributed by atoms with E-state index < -0.39 is 5.60 Å². The van der Waals surface area contributed by atoms with Crippen LogP contribution in [0.25, 0.3) is 0 Å². The molecule has 1 aliphatic heterocycles. The van der Waals surface area contributed by atoms with Crippen LogP contribution in [0.3, 0.4) is 0 Å². The molecule has 1 saturated heterocycles. The van der Waals surface area contributed by atoms with Gasteiger partial charge in [-0.25, -0.2) is 4.79 Å². The molecule has 5 heteroatoms. The zero-order valence-corrected chi connectivity index (χ0v) is 13.6. The molecule has 2 aliphatic rings. The van der Waals surface area contributed by atoms with Gasteiger partial charge in [0.1, 0.15) is 5.60 Å². The fourth-order valence-corrected chi connectivity index (χ4v) is 3.06. The summed E-state index contributed by atoms with van der Waals surface area (Å²) < 4.78 is 10.7. The number of rotatable bonds is 4. The van der Waals surface area contributed by atoms with Crippen molar-refractivity contribution in [2.45, 2.75) is 70.6 Å². The van der Waals surface area contributed by atoms with Gasteiger partial charge in [-0.05, 0) is 65.3 Å².